The lowest BCUT2D eigenvalue weighted by Gasteiger charge is -2.37. The number of piperazine rings is 1. The molecule has 2 aromatic rings. The maximum absolute atomic E-state index is 12.5. The highest BCUT2D eigenvalue weighted by Crippen LogP contribution is 2.35. The molecule has 33 heavy (non-hydrogen) atoms. The number of hydrogen-bond acceptors (Lipinski definition) is 8. The number of fused-ring (bicyclic) bond motifs is 1. The van der Waals surface area contributed by atoms with Crippen LogP contribution in [0.2, 0.25) is 0 Å². The van der Waals surface area contributed by atoms with Gasteiger partial charge in [-0.1, -0.05) is 12.1 Å². The Labute approximate surface area is 194 Å². The highest BCUT2D eigenvalue weighted by Gasteiger charge is 2.23. The summed E-state index contributed by atoms with van der Waals surface area (Å²) in [5.41, 5.74) is 1.57. The zero-order valence-corrected chi connectivity index (χ0v) is 19.0. The van der Waals surface area contributed by atoms with Gasteiger partial charge in [-0.15, -0.1) is 0 Å². The van der Waals surface area contributed by atoms with E-state index in [-0.39, 0.29) is 5.91 Å². The number of carbonyl (C=O) groups is 1. The van der Waals surface area contributed by atoms with Crippen LogP contribution in [0.15, 0.2) is 42.4 Å². The van der Waals surface area contributed by atoms with Gasteiger partial charge in [0.15, 0.2) is 5.75 Å². The molecule has 9 nitrogen and oxygen atoms in total. The second-order valence-corrected chi connectivity index (χ2v) is 8.35. The predicted octanol–water partition coefficient (Wildman–Crippen LogP) is 2.92. The van der Waals surface area contributed by atoms with E-state index >= 15 is 0 Å². The van der Waals surface area contributed by atoms with Crippen LogP contribution in [0.25, 0.3) is 5.57 Å². The molecule has 1 fully saturated rings. The Morgan fingerprint density at radius 1 is 1.24 bits per heavy atom. The predicted molar refractivity (Wildman–Crippen MR) is 126 cm³/mol. The van der Waals surface area contributed by atoms with Crippen molar-refractivity contribution in [2.45, 2.75) is 32.7 Å². The maximum Gasteiger partial charge on any atom is 0.223 e. The number of nitriles is 1. The molecule has 1 aromatic heterocycles. The van der Waals surface area contributed by atoms with Crippen LogP contribution in [-0.4, -0.2) is 64.4 Å². The van der Waals surface area contributed by atoms with E-state index in [9.17, 15) is 10.1 Å². The Balaban J connectivity index is 1.29. The van der Waals surface area contributed by atoms with Crippen molar-refractivity contribution in [1.82, 2.24) is 19.8 Å². The Hall–Kier alpha value is -3.64. The topological polar surface area (TPSA) is 106 Å². The van der Waals surface area contributed by atoms with Crippen molar-refractivity contribution in [3.8, 4) is 11.8 Å². The second kappa shape index (κ2) is 10.3. The fourth-order valence-corrected chi connectivity index (χ4v) is 3.92. The van der Waals surface area contributed by atoms with Gasteiger partial charge in [0.1, 0.15) is 11.6 Å². The number of aromatic nitrogens is 2. The molecule has 0 atom stereocenters. The van der Waals surface area contributed by atoms with Crippen molar-refractivity contribution in [2.75, 3.05) is 43.4 Å². The van der Waals surface area contributed by atoms with Gasteiger partial charge in [-0.25, -0.2) is 9.97 Å². The number of hydrogen-bond donors (Lipinski definition) is 2. The molecule has 0 unspecified atom stereocenters. The van der Waals surface area contributed by atoms with Crippen LogP contribution in [0.3, 0.4) is 0 Å². The third-order valence-electron chi connectivity index (χ3n) is 5.85. The number of amides is 1. The largest absolute Gasteiger partial charge is 0.437 e. The minimum atomic E-state index is 0.190. The third-order valence-corrected chi connectivity index (χ3v) is 5.85. The Morgan fingerprint density at radius 3 is 2.76 bits per heavy atom. The summed E-state index contributed by atoms with van der Waals surface area (Å²) >= 11 is 0. The van der Waals surface area contributed by atoms with Gasteiger partial charge in [0.2, 0.25) is 17.7 Å². The van der Waals surface area contributed by atoms with Gasteiger partial charge < -0.3 is 20.3 Å². The Kier molecular flexibility index (Phi) is 7.05. The number of benzene rings is 1. The van der Waals surface area contributed by atoms with Crippen molar-refractivity contribution >= 4 is 23.1 Å². The average molecular weight is 448 g/mol. The fourth-order valence-electron chi connectivity index (χ4n) is 3.92. The van der Waals surface area contributed by atoms with Gasteiger partial charge in [0.25, 0.3) is 0 Å². The standard InChI is InChI=1S/C24H29N7O2/c1-17(2)30-12-14-31(15-13-30)22(32)8-5-10-26-24-27-11-9-19(29-24)18(16-25)23-28-20-6-3-4-7-21(20)33-23/h3-4,6-7,9,11,17,28H,5,8,10,12-15H2,1-2H3,(H,26,27,29)/b23-18+. The van der Waals surface area contributed by atoms with Crippen molar-refractivity contribution < 1.29 is 9.53 Å². The van der Waals surface area contributed by atoms with E-state index < -0.39 is 0 Å². The number of allylic oxidation sites excluding steroid dienone is 1. The van der Waals surface area contributed by atoms with Crippen LogP contribution in [0.5, 0.6) is 5.75 Å². The minimum Gasteiger partial charge on any atom is -0.437 e. The molecule has 1 saturated heterocycles. The molecule has 9 heteroatoms. The molecule has 0 spiro atoms. The smallest absolute Gasteiger partial charge is 0.223 e. The summed E-state index contributed by atoms with van der Waals surface area (Å²) in [5, 5.41) is 16.0. The van der Waals surface area contributed by atoms with Crippen LogP contribution in [-0.2, 0) is 4.79 Å². The molecule has 3 heterocycles. The molecule has 1 amide bonds. The number of nitrogens with one attached hydrogen (secondary N) is 2. The van der Waals surface area contributed by atoms with Crippen molar-refractivity contribution in [3.05, 3.63) is 48.1 Å². The first-order valence-corrected chi connectivity index (χ1v) is 11.3. The summed E-state index contributed by atoms with van der Waals surface area (Å²) in [7, 11) is 0. The van der Waals surface area contributed by atoms with Crippen molar-refractivity contribution in [2.24, 2.45) is 0 Å². The first-order chi connectivity index (χ1) is 16.0. The van der Waals surface area contributed by atoms with Gasteiger partial charge in [0.05, 0.1) is 11.4 Å². The average Bonchev–Trinajstić information content (AvgIpc) is 3.26. The van der Waals surface area contributed by atoms with Crippen molar-refractivity contribution in [3.63, 3.8) is 0 Å². The molecule has 0 saturated carbocycles. The van der Waals surface area contributed by atoms with E-state index in [1.807, 2.05) is 29.2 Å². The molecule has 0 aliphatic carbocycles. The fraction of sp³-hybridized carbons (Fsp3) is 0.417. The Morgan fingerprint density at radius 2 is 2.03 bits per heavy atom. The molecule has 172 valence electrons. The third kappa shape index (κ3) is 5.41. The second-order valence-electron chi connectivity index (χ2n) is 8.35. The molecule has 2 aliphatic rings. The lowest BCUT2D eigenvalue weighted by Crippen LogP contribution is -2.50. The van der Waals surface area contributed by atoms with Crippen molar-refractivity contribution in [1.29, 1.82) is 5.26 Å². The molecule has 2 N–H and O–H groups in total. The molecular formula is C24H29N7O2. The lowest BCUT2D eigenvalue weighted by atomic mass is 10.2. The molecule has 4 rings (SSSR count). The summed E-state index contributed by atoms with van der Waals surface area (Å²) < 4.78 is 5.78. The van der Waals surface area contributed by atoms with E-state index in [0.717, 1.165) is 31.9 Å². The van der Waals surface area contributed by atoms with Crippen LogP contribution in [0, 0.1) is 11.3 Å². The van der Waals surface area contributed by atoms with Crippen LogP contribution in [0.4, 0.5) is 11.6 Å². The normalized spacial score (nSPS) is 17.1. The summed E-state index contributed by atoms with van der Waals surface area (Å²) in [4.78, 5) is 25.5. The number of para-hydroxylation sites is 2. The highest BCUT2D eigenvalue weighted by molar-refractivity contribution is 5.81. The number of ether oxygens (including phenoxy) is 1. The summed E-state index contributed by atoms with van der Waals surface area (Å²) in [5.74, 6) is 1.62. The van der Waals surface area contributed by atoms with Crippen LogP contribution >= 0.6 is 0 Å². The minimum absolute atomic E-state index is 0.190. The maximum atomic E-state index is 12.5. The number of rotatable bonds is 7. The number of anilines is 2. The first-order valence-electron chi connectivity index (χ1n) is 11.3. The quantitative estimate of drug-likeness (QED) is 0.493. The van der Waals surface area contributed by atoms with Gasteiger partial charge in [0, 0.05) is 51.4 Å². The number of carbonyl (C=O) groups excluding carboxylic acids is 1. The zero-order valence-electron chi connectivity index (χ0n) is 19.0. The molecule has 0 bridgehead atoms. The van der Waals surface area contributed by atoms with E-state index in [1.165, 1.54) is 0 Å². The van der Waals surface area contributed by atoms with E-state index in [2.05, 4.69) is 45.4 Å². The van der Waals surface area contributed by atoms with Crippen LogP contribution < -0.4 is 15.4 Å². The zero-order chi connectivity index (χ0) is 23.2. The van der Waals surface area contributed by atoms with Gasteiger partial charge in [-0.3, -0.25) is 9.69 Å². The molecule has 0 radical (unpaired) electrons. The van der Waals surface area contributed by atoms with Gasteiger partial charge in [-0.2, -0.15) is 5.26 Å². The molecular weight excluding hydrogens is 418 g/mol. The van der Waals surface area contributed by atoms with Gasteiger partial charge in [-0.05, 0) is 38.5 Å². The lowest BCUT2D eigenvalue weighted by molar-refractivity contribution is -0.133. The Bertz CT molecular complexity index is 1040. The van der Waals surface area contributed by atoms with E-state index in [0.29, 0.717) is 54.3 Å². The molecule has 2 aliphatic heterocycles. The summed E-state index contributed by atoms with van der Waals surface area (Å²) in [6.07, 6.45) is 2.77. The molecule has 1 aromatic carbocycles. The summed E-state index contributed by atoms with van der Waals surface area (Å²) in [6.45, 7) is 8.40. The summed E-state index contributed by atoms with van der Waals surface area (Å²) in [6, 6.07) is 11.9. The van der Waals surface area contributed by atoms with E-state index in [1.54, 1.807) is 12.3 Å². The van der Waals surface area contributed by atoms with Gasteiger partial charge >= 0.3 is 0 Å². The monoisotopic (exact) mass is 447 g/mol. The first kappa shape index (κ1) is 22.6. The SMILES string of the molecule is CC(C)N1CCN(C(=O)CCCNc2nccc(/C(C#N)=C3\Nc4ccccc4O3)n2)CC1. The highest BCUT2D eigenvalue weighted by atomic mass is 16.5. The van der Waals surface area contributed by atoms with Crippen LogP contribution in [0.1, 0.15) is 32.4 Å². The number of nitrogens with zero attached hydrogens (tertiary/aromatic N) is 5. The van der Waals surface area contributed by atoms with E-state index in [4.69, 9.17) is 4.74 Å².